The Morgan fingerprint density at radius 1 is 0.950 bits per heavy atom. The predicted octanol–water partition coefficient (Wildman–Crippen LogP) is 3.33. The minimum atomic E-state index is -0.404. The number of ether oxygens (including phenoxy) is 1. The lowest BCUT2D eigenvalue weighted by Crippen LogP contribution is -2.47. The first-order valence-corrected chi connectivity index (χ1v) is 7.27. The van der Waals surface area contributed by atoms with Crippen LogP contribution in [0.3, 0.4) is 0 Å². The second kappa shape index (κ2) is 5.78. The number of methoxy groups -OCH3 is 1. The molecule has 0 bridgehead atoms. The van der Waals surface area contributed by atoms with Gasteiger partial charge in [0.2, 0.25) is 0 Å². The summed E-state index contributed by atoms with van der Waals surface area (Å²) in [6.07, 6.45) is 2.34. The van der Waals surface area contributed by atoms with E-state index in [2.05, 4.69) is 66.0 Å². The summed E-state index contributed by atoms with van der Waals surface area (Å²) in [4.78, 5) is 0. The molecule has 104 valence electrons. The molecule has 3 rings (SSSR count). The van der Waals surface area contributed by atoms with Crippen LogP contribution in [0.1, 0.15) is 24.0 Å². The molecule has 1 heterocycles. The van der Waals surface area contributed by atoms with Crippen LogP contribution in [0.2, 0.25) is 0 Å². The Bertz CT molecular complexity index is 492. The van der Waals surface area contributed by atoms with Crippen LogP contribution in [-0.2, 0) is 10.3 Å². The van der Waals surface area contributed by atoms with Crippen molar-refractivity contribution in [2.75, 3.05) is 13.7 Å². The van der Waals surface area contributed by atoms with Crippen molar-refractivity contribution in [2.24, 2.45) is 0 Å². The van der Waals surface area contributed by atoms with E-state index in [4.69, 9.17) is 4.74 Å². The van der Waals surface area contributed by atoms with Crippen molar-refractivity contribution in [1.82, 2.24) is 5.32 Å². The summed E-state index contributed by atoms with van der Waals surface area (Å²) in [6.45, 7) is 1.06. The average molecular weight is 267 g/mol. The van der Waals surface area contributed by atoms with Crippen LogP contribution in [0, 0.1) is 0 Å². The van der Waals surface area contributed by atoms with Crippen LogP contribution in [0.4, 0.5) is 0 Å². The summed E-state index contributed by atoms with van der Waals surface area (Å²) in [6, 6.07) is 21.4. The molecule has 20 heavy (non-hydrogen) atoms. The van der Waals surface area contributed by atoms with Crippen molar-refractivity contribution in [3.63, 3.8) is 0 Å². The molecule has 0 radical (unpaired) electrons. The quantitative estimate of drug-likeness (QED) is 0.917. The van der Waals surface area contributed by atoms with Gasteiger partial charge < -0.3 is 10.1 Å². The molecule has 0 unspecified atom stereocenters. The van der Waals surface area contributed by atoms with Crippen molar-refractivity contribution >= 4 is 0 Å². The fourth-order valence-electron chi connectivity index (χ4n) is 3.35. The molecule has 0 amide bonds. The van der Waals surface area contributed by atoms with Gasteiger partial charge in [0, 0.05) is 13.2 Å². The maximum atomic E-state index is 6.13. The number of hydrogen-bond donors (Lipinski definition) is 1. The van der Waals surface area contributed by atoms with Crippen LogP contribution in [0.5, 0.6) is 0 Å². The van der Waals surface area contributed by atoms with Gasteiger partial charge in [0.15, 0.2) is 0 Å². The van der Waals surface area contributed by atoms with E-state index in [9.17, 15) is 0 Å². The van der Waals surface area contributed by atoms with Crippen LogP contribution >= 0.6 is 0 Å². The molecule has 1 aliphatic rings. The molecular formula is C18H21NO. The van der Waals surface area contributed by atoms with E-state index >= 15 is 0 Å². The van der Waals surface area contributed by atoms with Gasteiger partial charge in [0.25, 0.3) is 0 Å². The molecule has 0 aromatic heterocycles. The third-order valence-electron chi connectivity index (χ3n) is 4.28. The summed E-state index contributed by atoms with van der Waals surface area (Å²) in [7, 11) is 1.82. The Hall–Kier alpha value is -1.64. The van der Waals surface area contributed by atoms with Crippen molar-refractivity contribution in [2.45, 2.75) is 24.5 Å². The van der Waals surface area contributed by atoms with Gasteiger partial charge in [-0.1, -0.05) is 60.7 Å². The SMILES string of the molecule is COC(c1ccccc1)(c1ccccc1)[C@H]1CCCN1. The summed E-state index contributed by atoms with van der Waals surface area (Å²) < 4.78 is 6.13. The van der Waals surface area contributed by atoms with Gasteiger partial charge in [-0.25, -0.2) is 0 Å². The van der Waals surface area contributed by atoms with Crippen molar-refractivity contribution in [1.29, 1.82) is 0 Å². The minimum absolute atomic E-state index is 0.317. The zero-order chi connectivity index (χ0) is 13.8. The van der Waals surface area contributed by atoms with E-state index in [1.165, 1.54) is 17.5 Å². The van der Waals surface area contributed by atoms with Gasteiger partial charge in [-0.15, -0.1) is 0 Å². The van der Waals surface area contributed by atoms with Crippen molar-refractivity contribution < 1.29 is 4.74 Å². The third-order valence-corrected chi connectivity index (χ3v) is 4.28. The van der Waals surface area contributed by atoms with E-state index in [0.29, 0.717) is 6.04 Å². The zero-order valence-corrected chi connectivity index (χ0v) is 11.9. The van der Waals surface area contributed by atoms with Gasteiger partial charge >= 0.3 is 0 Å². The number of benzene rings is 2. The molecular weight excluding hydrogens is 246 g/mol. The van der Waals surface area contributed by atoms with E-state index in [0.717, 1.165) is 13.0 Å². The highest BCUT2D eigenvalue weighted by molar-refractivity contribution is 5.39. The molecule has 1 atom stereocenters. The summed E-state index contributed by atoms with van der Waals surface area (Å²) in [5, 5.41) is 3.62. The lowest BCUT2D eigenvalue weighted by molar-refractivity contribution is -0.00627. The van der Waals surface area contributed by atoms with Crippen LogP contribution in [0.15, 0.2) is 60.7 Å². The van der Waals surface area contributed by atoms with E-state index in [1.54, 1.807) is 0 Å². The fourth-order valence-corrected chi connectivity index (χ4v) is 3.35. The molecule has 1 saturated heterocycles. The molecule has 1 fully saturated rings. The summed E-state index contributed by atoms with van der Waals surface area (Å²) >= 11 is 0. The summed E-state index contributed by atoms with van der Waals surface area (Å²) in [5.74, 6) is 0. The van der Waals surface area contributed by atoms with Crippen LogP contribution < -0.4 is 5.32 Å². The minimum Gasteiger partial charge on any atom is -0.367 e. The Balaban J connectivity index is 2.15. The standard InChI is InChI=1S/C18H21NO/c1-20-18(17-13-8-14-19-17,15-9-4-2-5-10-15)16-11-6-3-7-12-16/h2-7,9-12,17,19H,8,13-14H2,1H3/t17-/m1/s1. The van der Waals surface area contributed by atoms with Gasteiger partial charge in [0.05, 0.1) is 0 Å². The predicted molar refractivity (Wildman–Crippen MR) is 81.7 cm³/mol. The number of rotatable bonds is 4. The maximum absolute atomic E-state index is 6.13. The summed E-state index contributed by atoms with van der Waals surface area (Å²) in [5.41, 5.74) is 2.03. The first-order chi connectivity index (χ1) is 9.88. The molecule has 2 heteroatoms. The van der Waals surface area contributed by atoms with Gasteiger partial charge in [0.1, 0.15) is 5.60 Å². The lowest BCUT2D eigenvalue weighted by Gasteiger charge is -2.39. The Labute approximate surface area is 120 Å². The topological polar surface area (TPSA) is 21.3 Å². The molecule has 0 saturated carbocycles. The average Bonchev–Trinajstić information content (AvgIpc) is 3.06. The molecule has 2 aromatic rings. The second-order valence-electron chi connectivity index (χ2n) is 5.32. The Kier molecular flexibility index (Phi) is 3.86. The smallest absolute Gasteiger partial charge is 0.133 e. The molecule has 1 aliphatic heterocycles. The highest BCUT2D eigenvalue weighted by atomic mass is 16.5. The Morgan fingerprint density at radius 2 is 1.50 bits per heavy atom. The fraction of sp³-hybridized carbons (Fsp3) is 0.333. The van der Waals surface area contributed by atoms with E-state index in [1.807, 2.05) is 7.11 Å². The maximum Gasteiger partial charge on any atom is 0.133 e. The van der Waals surface area contributed by atoms with Crippen LogP contribution in [0.25, 0.3) is 0 Å². The van der Waals surface area contributed by atoms with Gasteiger partial charge in [-0.05, 0) is 30.5 Å². The second-order valence-corrected chi connectivity index (χ2v) is 5.32. The third kappa shape index (κ3) is 2.15. The largest absolute Gasteiger partial charge is 0.367 e. The van der Waals surface area contributed by atoms with Crippen molar-refractivity contribution in [3.8, 4) is 0 Å². The monoisotopic (exact) mass is 267 g/mol. The molecule has 0 aliphatic carbocycles. The van der Waals surface area contributed by atoms with Gasteiger partial charge in [-0.3, -0.25) is 0 Å². The Morgan fingerprint density at radius 3 is 1.90 bits per heavy atom. The first-order valence-electron chi connectivity index (χ1n) is 7.27. The normalized spacial score (nSPS) is 19.1. The lowest BCUT2D eigenvalue weighted by atomic mass is 9.79. The first kappa shape index (κ1) is 13.3. The zero-order valence-electron chi connectivity index (χ0n) is 11.9. The van der Waals surface area contributed by atoms with Gasteiger partial charge in [-0.2, -0.15) is 0 Å². The van der Waals surface area contributed by atoms with Crippen LogP contribution in [-0.4, -0.2) is 19.7 Å². The van der Waals surface area contributed by atoms with E-state index < -0.39 is 5.60 Å². The molecule has 0 spiro atoms. The highest BCUT2D eigenvalue weighted by Gasteiger charge is 2.43. The number of nitrogens with one attached hydrogen (secondary N) is 1. The van der Waals surface area contributed by atoms with E-state index in [-0.39, 0.29) is 0 Å². The number of hydrogen-bond acceptors (Lipinski definition) is 2. The van der Waals surface area contributed by atoms with Crippen molar-refractivity contribution in [3.05, 3.63) is 71.8 Å². The molecule has 2 nitrogen and oxygen atoms in total. The molecule has 1 N–H and O–H groups in total. The highest BCUT2D eigenvalue weighted by Crippen LogP contribution is 2.39. The molecule has 2 aromatic carbocycles.